The fourth-order valence-electron chi connectivity index (χ4n) is 1.73. The molecular formula is C12H19BrO. The summed E-state index contributed by atoms with van der Waals surface area (Å²) in [6, 6.07) is 0. The lowest BCUT2D eigenvalue weighted by Crippen LogP contribution is -2.39. The van der Waals surface area contributed by atoms with Crippen LogP contribution in [0.5, 0.6) is 0 Å². The molecule has 1 rings (SSSR count). The third-order valence-electron chi connectivity index (χ3n) is 2.74. The van der Waals surface area contributed by atoms with Crippen molar-refractivity contribution in [1.82, 2.24) is 0 Å². The molecule has 1 saturated carbocycles. The van der Waals surface area contributed by atoms with Crippen LogP contribution < -0.4 is 0 Å². The molecule has 1 fully saturated rings. The number of halogens is 1. The molecule has 0 aliphatic heterocycles. The van der Waals surface area contributed by atoms with Crippen LogP contribution in [0.3, 0.4) is 0 Å². The smallest absolute Gasteiger partial charge is 0.137 e. The zero-order valence-electron chi connectivity index (χ0n) is 8.85. The Bertz CT molecular complexity index is 228. The van der Waals surface area contributed by atoms with Gasteiger partial charge in [-0.05, 0) is 25.7 Å². The zero-order chi connectivity index (χ0) is 10.4. The summed E-state index contributed by atoms with van der Waals surface area (Å²) in [5.74, 6) is 6.14. The van der Waals surface area contributed by atoms with Gasteiger partial charge >= 0.3 is 0 Å². The second-order valence-corrected chi connectivity index (χ2v) is 5.15. The van der Waals surface area contributed by atoms with Crippen molar-refractivity contribution in [3.63, 3.8) is 0 Å². The van der Waals surface area contributed by atoms with E-state index in [4.69, 9.17) is 0 Å². The molecule has 1 aliphatic rings. The first kappa shape index (κ1) is 12.1. The Morgan fingerprint density at radius 1 is 1.50 bits per heavy atom. The van der Waals surface area contributed by atoms with Crippen molar-refractivity contribution in [3.05, 3.63) is 0 Å². The average molecular weight is 259 g/mol. The summed E-state index contributed by atoms with van der Waals surface area (Å²) in [5, 5.41) is 10.2. The molecule has 0 radical (unpaired) electrons. The Hall–Kier alpha value is 0. The van der Waals surface area contributed by atoms with E-state index in [-0.39, 0.29) is 4.83 Å². The predicted molar refractivity (Wildman–Crippen MR) is 63.4 cm³/mol. The van der Waals surface area contributed by atoms with Crippen LogP contribution in [0.1, 0.15) is 51.9 Å². The Kier molecular flexibility index (Phi) is 4.98. The molecule has 14 heavy (non-hydrogen) atoms. The van der Waals surface area contributed by atoms with Gasteiger partial charge in [-0.15, -0.1) is 5.92 Å². The molecular weight excluding hydrogens is 240 g/mol. The van der Waals surface area contributed by atoms with E-state index < -0.39 is 5.60 Å². The summed E-state index contributed by atoms with van der Waals surface area (Å²) in [7, 11) is 0. The Labute approximate surface area is 95.4 Å². The minimum atomic E-state index is -0.758. The molecule has 0 amide bonds. The van der Waals surface area contributed by atoms with Crippen LogP contribution in [0, 0.1) is 11.8 Å². The standard InChI is InChI=1S/C12H19BrO/c1-2-3-4-6-9-12(14)10-7-5-8-11(12)13/h11,14H,2-5,7-8,10H2,1H3. The summed E-state index contributed by atoms with van der Waals surface area (Å²) in [5.41, 5.74) is -0.758. The third-order valence-corrected chi connectivity index (χ3v) is 3.96. The summed E-state index contributed by atoms with van der Waals surface area (Å²) < 4.78 is 0. The van der Waals surface area contributed by atoms with E-state index in [1.54, 1.807) is 0 Å². The molecule has 0 aromatic heterocycles. The summed E-state index contributed by atoms with van der Waals surface area (Å²) >= 11 is 3.53. The average Bonchev–Trinajstić information content (AvgIpc) is 2.18. The third kappa shape index (κ3) is 3.29. The van der Waals surface area contributed by atoms with Gasteiger partial charge in [-0.3, -0.25) is 0 Å². The monoisotopic (exact) mass is 258 g/mol. The Balaban J connectivity index is 2.48. The molecule has 2 atom stereocenters. The molecule has 0 aromatic rings. The molecule has 1 nitrogen and oxygen atoms in total. The first-order chi connectivity index (χ1) is 6.69. The van der Waals surface area contributed by atoms with Gasteiger partial charge in [-0.1, -0.05) is 41.6 Å². The van der Waals surface area contributed by atoms with Crippen LogP contribution >= 0.6 is 15.9 Å². The number of alkyl halides is 1. The summed E-state index contributed by atoms with van der Waals surface area (Å²) in [4.78, 5) is 0.165. The van der Waals surface area contributed by atoms with Crippen LogP contribution in [0.15, 0.2) is 0 Å². The van der Waals surface area contributed by atoms with Gasteiger partial charge in [0.1, 0.15) is 5.60 Å². The molecule has 1 aliphatic carbocycles. The highest BCUT2D eigenvalue weighted by molar-refractivity contribution is 9.09. The van der Waals surface area contributed by atoms with E-state index in [0.717, 1.165) is 32.1 Å². The number of rotatable bonds is 2. The van der Waals surface area contributed by atoms with Crippen molar-refractivity contribution in [1.29, 1.82) is 0 Å². The first-order valence-corrected chi connectivity index (χ1v) is 6.47. The van der Waals surface area contributed by atoms with Crippen molar-refractivity contribution in [2.45, 2.75) is 62.3 Å². The maximum Gasteiger partial charge on any atom is 0.137 e. The van der Waals surface area contributed by atoms with E-state index in [1.807, 2.05) is 0 Å². The molecule has 0 saturated heterocycles. The minimum Gasteiger partial charge on any atom is -0.376 e. The van der Waals surface area contributed by atoms with Crippen LogP contribution in [-0.4, -0.2) is 15.5 Å². The maximum atomic E-state index is 10.2. The molecule has 0 spiro atoms. The molecule has 1 N–H and O–H groups in total. The molecule has 80 valence electrons. The van der Waals surface area contributed by atoms with E-state index >= 15 is 0 Å². The maximum absolute atomic E-state index is 10.2. The van der Waals surface area contributed by atoms with Crippen LogP contribution in [0.4, 0.5) is 0 Å². The van der Waals surface area contributed by atoms with Gasteiger partial charge in [-0.25, -0.2) is 0 Å². The van der Waals surface area contributed by atoms with E-state index in [1.165, 1.54) is 12.8 Å². The topological polar surface area (TPSA) is 20.2 Å². The van der Waals surface area contributed by atoms with Crippen molar-refractivity contribution in [3.8, 4) is 11.8 Å². The molecule has 0 heterocycles. The Morgan fingerprint density at radius 3 is 2.93 bits per heavy atom. The normalized spacial score (nSPS) is 32.1. The number of hydrogen-bond donors (Lipinski definition) is 1. The number of unbranched alkanes of at least 4 members (excludes halogenated alkanes) is 2. The number of hydrogen-bond acceptors (Lipinski definition) is 1. The van der Waals surface area contributed by atoms with Gasteiger partial charge in [0, 0.05) is 6.42 Å². The largest absolute Gasteiger partial charge is 0.376 e. The van der Waals surface area contributed by atoms with Crippen molar-refractivity contribution in [2.24, 2.45) is 0 Å². The van der Waals surface area contributed by atoms with Crippen LogP contribution in [-0.2, 0) is 0 Å². The van der Waals surface area contributed by atoms with Crippen molar-refractivity contribution in [2.75, 3.05) is 0 Å². The lowest BCUT2D eigenvalue weighted by Gasteiger charge is -2.32. The zero-order valence-corrected chi connectivity index (χ0v) is 10.4. The SMILES string of the molecule is CCCCC#CC1(O)CCCCC1Br. The van der Waals surface area contributed by atoms with Crippen LogP contribution in [0.2, 0.25) is 0 Å². The minimum absolute atomic E-state index is 0.165. The van der Waals surface area contributed by atoms with Crippen molar-refractivity contribution >= 4 is 15.9 Å². The Morgan fingerprint density at radius 2 is 2.29 bits per heavy atom. The highest BCUT2D eigenvalue weighted by Crippen LogP contribution is 2.33. The van der Waals surface area contributed by atoms with E-state index in [0.29, 0.717) is 0 Å². The molecule has 0 bridgehead atoms. The van der Waals surface area contributed by atoms with Crippen LogP contribution in [0.25, 0.3) is 0 Å². The highest BCUT2D eigenvalue weighted by Gasteiger charge is 2.35. The molecule has 2 unspecified atom stereocenters. The lowest BCUT2D eigenvalue weighted by molar-refractivity contribution is 0.0697. The van der Waals surface area contributed by atoms with Gasteiger partial charge < -0.3 is 5.11 Å². The van der Waals surface area contributed by atoms with Gasteiger partial charge in [0.25, 0.3) is 0 Å². The lowest BCUT2D eigenvalue weighted by atomic mass is 9.85. The molecule has 2 heteroatoms. The second-order valence-electron chi connectivity index (χ2n) is 4.04. The van der Waals surface area contributed by atoms with Gasteiger partial charge in [0.05, 0.1) is 4.83 Å². The predicted octanol–water partition coefficient (Wildman–Crippen LogP) is 3.25. The van der Waals surface area contributed by atoms with Gasteiger partial charge in [-0.2, -0.15) is 0 Å². The number of aliphatic hydroxyl groups is 1. The van der Waals surface area contributed by atoms with E-state index in [2.05, 4.69) is 34.7 Å². The summed E-state index contributed by atoms with van der Waals surface area (Å²) in [6.07, 6.45) is 7.39. The second kappa shape index (κ2) is 5.78. The quantitative estimate of drug-likeness (QED) is 0.458. The fraction of sp³-hybridized carbons (Fsp3) is 0.833. The molecule has 0 aromatic carbocycles. The van der Waals surface area contributed by atoms with Crippen molar-refractivity contribution < 1.29 is 5.11 Å². The highest BCUT2D eigenvalue weighted by atomic mass is 79.9. The first-order valence-electron chi connectivity index (χ1n) is 5.55. The summed E-state index contributed by atoms with van der Waals surface area (Å²) in [6.45, 7) is 2.16. The van der Waals surface area contributed by atoms with E-state index in [9.17, 15) is 5.11 Å². The van der Waals surface area contributed by atoms with Gasteiger partial charge in [0.15, 0.2) is 0 Å². The fourth-order valence-corrected chi connectivity index (χ4v) is 2.40. The van der Waals surface area contributed by atoms with Gasteiger partial charge in [0.2, 0.25) is 0 Å².